The number of hydrogen-bond donors (Lipinski definition) is 1. The second kappa shape index (κ2) is 10.8. The standard InChI is InChI=1S/C32H32FN9S/c1-39-9-11-40(12-10-39)13-14-41-19-26-28(38-41)8-6-25-29-31(34-20-35-32(29)43-30(25)26)36-24-5-7-27-22(16-24)18-42(37-27)17-21-3-2-4-23(33)15-21/h2-5,7,15-16,18-20H,6,8-14,17H2,1H3,(H,34,35,36). The smallest absolute Gasteiger partial charge is 0.142 e. The highest BCUT2D eigenvalue weighted by molar-refractivity contribution is 7.22. The molecule has 0 saturated carbocycles. The number of likely N-dealkylation sites (N-methyl/N-ethyl adjacent to an activating group) is 1. The minimum absolute atomic E-state index is 0.237. The van der Waals surface area contributed by atoms with E-state index in [9.17, 15) is 4.39 Å². The number of piperazine rings is 1. The normalized spacial score (nSPS) is 15.7. The highest BCUT2D eigenvalue weighted by atomic mass is 32.1. The van der Waals surface area contributed by atoms with E-state index in [1.54, 1.807) is 29.8 Å². The third-order valence-corrected chi connectivity index (χ3v) is 9.74. The summed E-state index contributed by atoms with van der Waals surface area (Å²) in [5, 5.41) is 15.3. The van der Waals surface area contributed by atoms with Crippen molar-refractivity contribution in [2.24, 2.45) is 0 Å². The highest BCUT2D eigenvalue weighted by Crippen LogP contribution is 2.45. The van der Waals surface area contributed by atoms with Crippen molar-refractivity contribution in [2.75, 3.05) is 45.1 Å². The average molecular weight is 594 g/mol. The topological polar surface area (TPSA) is 79.9 Å². The second-order valence-corrected chi connectivity index (χ2v) is 12.6. The largest absolute Gasteiger partial charge is 0.340 e. The van der Waals surface area contributed by atoms with Crippen LogP contribution in [0.15, 0.2) is 61.2 Å². The number of aryl methyl sites for hydroxylation is 2. The van der Waals surface area contributed by atoms with E-state index in [-0.39, 0.29) is 5.82 Å². The molecule has 6 aromatic rings. The van der Waals surface area contributed by atoms with Gasteiger partial charge in [0.25, 0.3) is 0 Å². The molecule has 8 rings (SSSR count). The van der Waals surface area contributed by atoms with Crippen LogP contribution in [0.2, 0.25) is 0 Å². The van der Waals surface area contributed by atoms with E-state index in [0.29, 0.717) is 6.54 Å². The van der Waals surface area contributed by atoms with Gasteiger partial charge in [-0.15, -0.1) is 11.3 Å². The molecule has 1 fully saturated rings. The summed E-state index contributed by atoms with van der Waals surface area (Å²) >= 11 is 1.73. The van der Waals surface area contributed by atoms with E-state index < -0.39 is 0 Å². The molecule has 1 saturated heterocycles. The van der Waals surface area contributed by atoms with Crippen LogP contribution in [0, 0.1) is 5.82 Å². The first-order valence-electron chi connectivity index (χ1n) is 14.8. The molecule has 2 aromatic carbocycles. The van der Waals surface area contributed by atoms with Gasteiger partial charge in [0.05, 0.1) is 29.7 Å². The Morgan fingerprint density at radius 1 is 0.930 bits per heavy atom. The van der Waals surface area contributed by atoms with Gasteiger partial charge >= 0.3 is 0 Å². The van der Waals surface area contributed by atoms with Crippen molar-refractivity contribution in [3.05, 3.63) is 83.8 Å². The van der Waals surface area contributed by atoms with Crippen LogP contribution in [0.3, 0.4) is 0 Å². The van der Waals surface area contributed by atoms with E-state index in [1.165, 1.54) is 27.8 Å². The summed E-state index contributed by atoms with van der Waals surface area (Å²) in [7, 11) is 2.19. The molecular weight excluding hydrogens is 561 g/mol. The summed E-state index contributed by atoms with van der Waals surface area (Å²) < 4.78 is 17.6. The molecule has 1 aliphatic heterocycles. The van der Waals surface area contributed by atoms with Crippen LogP contribution in [-0.4, -0.2) is 79.1 Å². The summed E-state index contributed by atoms with van der Waals surface area (Å²) in [5.41, 5.74) is 6.42. The van der Waals surface area contributed by atoms with Gasteiger partial charge in [0.1, 0.15) is 22.8 Å². The fourth-order valence-electron chi connectivity index (χ4n) is 6.25. The lowest BCUT2D eigenvalue weighted by molar-refractivity contribution is 0.148. The van der Waals surface area contributed by atoms with Gasteiger partial charge in [-0.25, -0.2) is 14.4 Å². The van der Waals surface area contributed by atoms with Gasteiger partial charge in [-0.1, -0.05) is 12.1 Å². The van der Waals surface area contributed by atoms with E-state index in [1.807, 2.05) is 29.1 Å². The molecule has 5 heterocycles. The van der Waals surface area contributed by atoms with Crippen molar-refractivity contribution in [2.45, 2.75) is 25.9 Å². The monoisotopic (exact) mass is 593 g/mol. The Labute approximate surface area is 252 Å². The Morgan fingerprint density at radius 3 is 2.72 bits per heavy atom. The minimum atomic E-state index is -0.237. The maximum absolute atomic E-state index is 13.7. The minimum Gasteiger partial charge on any atom is -0.340 e. The zero-order valence-corrected chi connectivity index (χ0v) is 24.8. The lowest BCUT2D eigenvalue weighted by atomic mass is 9.95. The number of nitrogens with zero attached hydrogens (tertiary/aromatic N) is 8. The van der Waals surface area contributed by atoms with Gasteiger partial charge < -0.3 is 10.2 Å². The van der Waals surface area contributed by atoms with Crippen LogP contribution in [0.5, 0.6) is 0 Å². The lowest BCUT2D eigenvalue weighted by Gasteiger charge is -2.32. The first kappa shape index (κ1) is 26.4. The Hall–Kier alpha value is -4.19. The Morgan fingerprint density at radius 2 is 1.84 bits per heavy atom. The maximum atomic E-state index is 13.7. The number of thiophene rings is 1. The number of hydrogen-bond acceptors (Lipinski definition) is 8. The number of benzene rings is 2. The maximum Gasteiger partial charge on any atom is 0.142 e. The molecule has 11 heteroatoms. The molecule has 0 radical (unpaired) electrons. The molecule has 1 aliphatic carbocycles. The third kappa shape index (κ3) is 5.17. The van der Waals surface area contributed by atoms with Gasteiger partial charge in [-0.2, -0.15) is 10.2 Å². The van der Waals surface area contributed by atoms with Crippen LogP contribution in [-0.2, 0) is 25.9 Å². The van der Waals surface area contributed by atoms with Crippen molar-refractivity contribution in [1.29, 1.82) is 0 Å². The summed E-state index contributed by atoms with van der Waals surface area (Å²) in [6.07, 6.45) is 7.71. The van der Waals surface area contributed by atoms with Crippen molar-refractivity contribution >= 4 is 44.0 Å². The molecule has 4 aromatic heterocycles. The molecule has 9 nitrogen and oxygen atoms in total. The molecule has 2 aliphatic rings. The molecule has 218 valence electrons. The number of fused-ring (bicyclic) bond motifs is 6. The summed E-state index contributed by atoms with van der Waals surface area (Å²) in [4.78, 5) is 16.5. The molecule has 0 spiro atoms. The average Bonchev–Trinajstić information content (AvgIpc) is 3.71. The Bertz CT molecular complexity index is 1950. The first-order valence-corrected chi connectivity index (χ1v) is 15.6. The fraction of sp³-hybridized carbons (Fsp3) is 0.312. The van der Waals surface area contributed by atoms with Crippen LogP contribution >= 0.6 is 11.3 Å². The number of aromatic nitrogens is 6. The molecule has 0 atom stereocenters. The van der Waals surface area contributed by atoms with Gasteiger partial charge in [0, 0.05) is 66.6 Å². The van der Waals surface area contributed by atoms with Crippen LogP contribution in [0.25, 0.3) is 31.6 Å². The lowest BCUT2D eigenvalue weighted by Crippen LogP contribution is -2.45. The van der Waals surface area contributed by atoms with Gasteiger partial charge in [-0.3, -0.25) is 14.3 Å². The second-order valence-electron chi connectivity index (χ2n) is 11.6. The van der Waals surface area contributed by atoms with Crippen LogP contribution in [0.4, 0.5) is 15.9 Å². The molecule has 0 bridgehead atoms. The zero-order chi connectivity index (χ0) is 28.9. The van der Waals surface area contributed by atoms with Crippen molar-refractivity contribution in [1.82, 2.24) is 39.3 Å². The summed E-state index contributed by atoms with van der Waals surface area (Å²) in [5.74, 6) is 0.582. The number of anilines is 2. The van der Waals surface area contributed by atoms with Crippen LogP contribution < -0.4 is 5.32 Å². The molecule has 1 N–H and O–H groups in total. The molecular formula is C32H32FN9S. The van der Waals surface area contributed by atoms with Crippen molar-refractivity contribution in [3.8, 4) is 10.4 Å². The third-order valence-electron chi connectivity index (χ3n) is 8.57. The van der Waals surface area contributed by atoms with E-state index >= 15 is 0 Å². The van der Waals surface area contributed by atoms with Crippen LogP contribution in [0.1, 0.15) is 16.8 Å². The fourth-order valence-corrected chi connectivity index (χ4v) is 7.47. The number of rotatable bonds is 7. The summed E-state index contributed by atoms with van der Waals surface area (Å²) in [6, 6.07) is 12.7. The van der Waals surface area contributed by atoms with Gasteiger partial charge in [-0.05, 0) is 61.3 Å². The molecule has 0 unspecified atom stereocenters. The predicted octanol–water partition coefficient (Wildman–Crippen LogP) is 5.18. The van der Waals surface area contributed by atoms with E-state index in [4.69, 9.17) is 5.10 Å². The Kier molecular flexibility index (Phi) is 6.65. The highest BCUT2D eigenvalue weighted by Gasteiger charge is 2.26. The van der Waals surface area contributed by atoms with Gasteiger partial charge in [0.2, 0.25) is 0 Å². The number of nitrogens with one attached hydrogen (secondary N) is 1. The number of halogens is 1. The zero-order valence-electron chi connectivity index (χ0n) is 24.0. The van der Waals surface area contributed by atoms with E-state index in [2.05, 4.69) is 54.2 Å². The Balaban J connectivity index is 1.04. The van der Waals surface area contributed by atoms with E-state index in [0.717, 1.165) is 90.3 Å². The summed E-state index contributed by atoms with van der Waals surface area (Å²) in [6.45, 7) is 6.95. The van der Waals surface area contributed by atoms with Crippen molar-refractivity contribution in [3.63, 3.8) is 0 Å². The predicted molar refractivity (Wildman–Crippen MR) is 168 cm³/mol. The quantitative estimate of drug-likeness (QED) is 0.273. The first-order chi connectivity index (χ1) is 21.1. The molecule has 43 heavy (non-hydrogen) atoms. The molecule has 0 amide bonds. The van der Waals surface area contributed by atoms with Crippen molar-refractivity contribution < 1.29 is 4.39 Å². The SMILES string of the molecule is CN1CCN(CCn2cc3c(n2)CCc2c-3sc3ncnc(Nc4ccc5nn(Cc6cccc(F)c6)cc5c4)c23)CC1. The van der Waals surface area contributed by atoms with Gasteiger partial charge in [0.15, 0.2) is 0 Å².